The summed E-state index contributed by atoms with van der Waals surface area (Å²) in [6.07, 6.45) is 3.19. The van der Waals surface area contributed by atoms with Crippen molar-refractivity contribution in [3.8, 4) is 0 Å². The fourth-order valence-corrected chi connectivity index (χ4v) is 5.23. The van der Waals surface area contributed by atoms with E-state index in [2.05, 4.69) is 4.98 Å². The zero-order valence-electron chi connectivity index (χ0n) is 16.2. The predicted octanol–water partition coefficient (Wildman–Crippen LogP) is 2.93. The van der Waals surface area contributed by atoms with Crippen LogP contribution in [-0.4, -0.2) is 54.4 Å². The summed E-state index contributed by atoms with van der Waals surface area (Å²) in [4.78, 5) is 18.5. The number of rotatable bonds is 7. The molecule has 28 heavy (non-hydrogen) atoms. The number of sulfonamides is 1. The van der Waals surface area contributed by atoms with Gasteiger partial charge < -0.3 is 4.90 Å². The summed E-state index contributed by atoms with van der Waals surface area (Å²) >= 11 is 1.31. The van der Waals surface area contributed by atoms with E-state index in [4.69, 9.17) is 0 Å². The number of amides is 1. The summed E-state index contributed by atoms with van der Waals surface area (Å²) in [5.41, 5.74) is 2.27. The highest BCUT2D eigenvalue weighted by Gasteiger charge is 2.27. The fourth-order valence-electron chi connectivity index (χ4n) is 2.98. The van der Waals surface area contributed by atoms with Gasteiger partial charge in [0.15, 0.2) is 0 Å². The highest BCUT2D eigenvalue weighted by Crippen LogP contribution is 2.22. The van der Waals surface area contributed by atoms with Gasteiger partial charge in [0, 0.05) is 32.9 Å². The van der Waals surface area contributed by atoms with Gasteiger partial charge in [-0.3, -0.25) is 4.79 Å². The molecule has 1 aromatic carbocycles. The molecule has 0 atom stereocenters. The summed E-state index contributed by atoms with van der Waals surface area (Å²) in [5, 5.41) is 0.637. The smallest absolute Gasteiger partial charge is 0.244 e. The van der Waals surface area contributed by atoms with E-state index in [1.54, 1.807) is 24.1 Å². The van der Waals surface area contributed by atoms with Crippen molar-refractivity contribution in [1.82, 2.24) is 14.2 Å². The molecular formula is C20H25N3O3S2. The number of thioether (sulfide) groups is 1. The van der Waals surface area contributed by atoms with Crippen LogP contribution in [-0.2, 0) is 21.4 Å². The molecule has 0 unspecified atom stereocenters. The molecule has 1 fully saturated rings. The Bertz CT molecular complexity index is 907. The summed E-state index contributed by atoms with van der Waals surface area (Å²) in [6, 6.07) is 11.3. The van der Waals surface area contributed by atoms with Crippen LogP contribution < -0.4 is 0 Å². The van der Waals surface area contributed by atoms with Crippen LogP contribution in [0.5, 0.6) is 0 Å². The minimum atomic E-state index is -3.45. The topological polar surface area (TPSA) is 70.6 Å². The number of hydrogen-bond donors (Lipinski definition) is 0. The molecule has 0 radical (unpaired) electrons. The molecule has 0 spiro atoms. The maximum Gasteiger partial charge on any atom is 0.244 e. The van der Waals surface area contributed by atoms with Crippen molar-refractivity contribution in [2.45, 2.75) is 36.2 Å². The van der Waals surface area contributed by atoms with Crippen LogP contribution in [0, 0.1) is 6.92 Å². The van der Waals surface area contributed by atoms with Crippen molar-refractivity contribution in [2.75, 3.05) is 25.9 Å². The van der Waals surface area contributed by atoms with Gasteiger partial charge >= 0.3 is 0 Å². The number of carbonyl (C=O) groups is 1. The first kappa shape index (κ1) is 20.8. The van der Waals surface area contributed by atoms with Crippen LogP contribution in [0.3, 0.4) is 0 Å². The maximum atomic E-state index is 12.5. The number of nitrogens with zero attached hydrogens (tertiary/aromatic N) is 3. The average molecular weight is 420 g/mol. The minimum Gasteiger partial charge on any atom is -0.341 e. The molecular weight excluding hydrogens is 394 g/mol. The maximum absolute atomic E-state index is 12.5. The van der Waals surface area contributed by atoms with Gasteiger partial charge in [-0.25, -0.2) is 13.4 Å². The van der Waals surface area contributed by atoms with Gasteiger partial charge in [0.05, 0.1) is 10.8 Å². The van der Waals surface area contributed by atoms with Crippen LogP contribution in [0.1, 0.15) is 24.0 Å². The van der Waals surface area contributed by atoms with Gasteiger partial charge in [-0.15, -0.1) is 0 Å². The van der Waals surface area contributed by atoms with E-state index in [1.165, 1.54) is 27.8 Å². The number of pyridine rings is 1. The molecule has 1 saturated heterocycles. The predicted molar refractivity (Wildman–Crippen MR) is 111 cm³/mol. The molecule has 2 aromatic rings. The monoisotopic (exact) mass is 419 g/mol. The van der Waals surface area contributed by atoms with Crippen molar-refractivity contribution in [1.29, 1.82) is 0 Å². The van der Waals surface area contributed by atoms with E-state index in [-0.39, 0.29) is 16.6 Å². The molecule has 1 aliphatic heterocycles. The number of aryl methyl sites for hydroxylation is 1. The van der Waals surface area contributed by atoms with E-state index >= 15 is 0 Å². The molecule has 0 saturated carbocycles. The van der Waals surface area contributed by atoms with E-state index in [1.807, 2.05) is 31.2 Å². The third-order valence-corrected chi connectivity index (χ3v) is 7.53. The number of hydrogen-bond acceptors (Lipinski definition) is 5. The van der Waals surface area contributed by atoms with Gasteiger partial charge in [0.2, 0.25) is 15.9 Å². The molecule has 150 valence electrons. The molecule has 0 aliphatic carbocycles. The van der Waals surface area contributed by atoms with Gasteiger partial charge in [-0.2, -0.15) is 4.31 Å². The summed E-state index contributed by atoms with van der Waals surface area (Å²) in [5.74, 6) is 0.259. The third kappa shape index (κ3) is 5.12. The lowest BCUT2D eigenvalue weighted by Gasteiger charge is -2.17. The molecule has 1 aliphatic rings. The van der Waals surface area contributed by atoms with Crippen molar-refractivity contribution >= 4 is 27.7 Å². The first-order valence-corrected chi connectivity index (χ1v) is 11.7. The number of carbonyl (C=O) groups excluding carboxylic acids is 1. The lowest BCUT2D eigenvalue weighted by atomic mass is 10.1. The van der Waals surface area contributed by atoms with Gasteiger partial charge in [-0.05, 0) is 37.5 Å². The van der Waals surface area contributed by atoms with Crippen LogP contribution in [0.2, 0.25) is 0 Å². The lowest BCUT2D eigenvalue weighted by molar-refractivity contribution is -0.127. The quantitative estimate of drug-likeness (QED) is 0.646. The molecule has 0 bridgehead atoms. The number of aromatic nitrogens is 1. The molecule has 2 heterocycles. The zero-order valence-corrected chi connectivity index (χ0v) is 17.8. The Labute approximate surface area is 171 Å². The average Bonchev–Trinajstić information content (AvgIpc) is 3.24. The first-order chi connectivity index (χ1) is 13.4. The second kappa shape index (κ2) is 9.07. The molecule has 3 rings (SSSR count). The highest BCUT2D eigenvalue weighted by atomic mass is 32.2. The van der Waals surface area contributed by atoms with E-state index < -0.39 is 10.0 Å². The van der Waals surface area contributed by atoms with Crippen molar-refractivity contribution in [2.24, 2.45) is 0 Å². The lowest BCUT2D eigenvalue weighted by Crippen LogP contribution is -2.28. The second-order valence-electron chi connectivity index (χ2n) is 6.97. The normalized spacial score (nSPS) is 14.9. The van der Waals surface area contributed by atoms with Crippen LogP contribution in [0.4, 0.5) is 0 Å². The SMILES string of the molecule is Cc1ccc(CN(C)C(=O)CSc2ccc(S(=O)(=O)N3CCCC3)cn2)cc1. The molecule has 1 aromatic heterocycles. The summed E-state index contributed by atoms with van der Waals surface area (Å²) in [7, 11) is -1.67. The van der Waals surface area contributed by atoms with Crippen LogP contribution in [0.15, 0.2) is 52.5 Å². The van der Waals surface area contributed by atoms with Gasteiger partial charge in [0.25, 0.3) is 0 Å². The zero-order chi connectivity index (χ0) is 20.1. The number of benzene rings is 1. The Morgan fingerprint density at radius 3 is 2.43 bits per heavy atom. The molecule has 0 N–H and O–H groups in total. The standard InChI is InChI=1S/C20H25N3O3S2/c1-16-5-7-17(8-6-16)14-22(2)20(24)15-27-19-10-9-18(13-21-19)28(25,26)23-11-3-4-12-23/h5-10,13H,3-4,11-12,14-15H2,1-2H3. The van der Waals surface area contributed by atoms with Crippen molar-refractivity contribution in [3.05, 3.63) is 53.7 Å². The Kier molecular flexibility index (Phi) is 6.74. The minimum absolute atomic E-state index is 0.00106. The molecule has 6 nitrogen and oxygen atoms in total. The van der Waals surface area contributed by atoms with E-state index in [0.29, 0.717) is 24.7 Å². The van der Waals surface area contributed by atoms with Gasteiger partial charge in [-0.1, -0.05) is 41.6 Å². The van der Waals surface area contributed by atoms with Crippen LogP contribution >= 0.6 is 11.8 Å². The Hall–Kier alpha value is -1.90. The van der Waals surface area contributed by atoms with Crippen molar-refractivity contribution < 1.29 is 13.2 Å². The fraction of sp³-hybridized carbons (Fsp3) is 0.400. The first-order valence-electron chi connectivity index (χ1n) is 9.25. The Morgan fingerprint density at radius 2 is 1.82 bits per heavy atom. The largest absolute Gasteiger partial charge is 0.341 e. The highest BCUT2D eigenvalue weighted by molar-refractivity contribution is 7.99. The summed E-state index contributed by atoms with van der Waals surface area (Å²) in [6.45, 7) is 3.73. The van der Waals surface area contributed by atoms with E-state index in [0.717, 1.165) is 18.4 Å². The Morgan fingerprint density at radius 1 is 1.14 bits per heavy atom. The third-order valence-electron chi connectivity index (χ3n) is 4.72. The van der Waals surface area contributed by atoms with E-state index in [9.17, 15) is 13.2 Å². The van der Waals surface area contributed by atoms with Gasteiger partial charge in [0.1, 0.15) is 4.90 Å². The Balaban J connectivity index is 1.54. The summed E-state index contributed by atoms with van der Waals surface area (Å²) < 4.78 is 26.5. The molecule has 8 heteroatoms. The second-order valence-corrected chi connectivity index (χ2v) is 9.90. The molecule has 1 amide bonds. The van der Waals surface area contributed by atoms with Crippen LogP contribution in [0.25, 0.3) is 0 Å². The van der Waals surface area contributed by atoms with Crippen molar-refractivity contribution in [3.63, 3.8) is 0 Å².